The number of carbonyl (C=O) groups is 1. The summed E-state index contributed by atoms with van der Waals surface area (Å²) in [6.45, 7) is 3.13. The van der Waals surface area contributed by atoms with Crippen molar-refractivity contribution in [3.05, 3.63) is 41.7 Å². The third-order valence-corrected chi connectivity index (χ3v) is 5.01. The summed E-state index contributed by atoms with van der Waals surface area (Å²) < 4.78 is 0. The molecule has 0 radical (unpaired) electrons. The number of H-pyrrole nitrogens is 1. The minimum Gasteiger partial charge on any atom is -0.339 e. The van der Waals surface area contributed by atoms with E-state index in [1.54, 1.807) is 0 Å². The zero-order chi connectivity index (χ0) is 15.6. The van der Waals surface area contributed by atoms with Gasteiger partial charge in [0.1, 0.15) is 6.33 Å². The van der Waals surface area contributed by atoms with Crippen LogP contribution in [0.15, 0.2) is 30.6 Å². The van der Waals surface area contributed by atoms with Crippen molar-refractivity contribution in [1.82, 2.24) is 20.1 Å². The van der Waals surface area contributed by atoms with Crippen molar-refractivity contribution in [3.63, 3.8) is 0 Å². The molecule has 1 fully saturated rings. The Hall–Kier alpha value is -2.37. The molecule has 0 spiro atoms. The predicted octanol–water partition coefficient (Wildman–Crippen LogP) is 1.57. The number of aromatic nitrogens is 3. The number of nitrogens with zero attached hydrogens (tertiary/aromatic N) is 4. The number of benzene rings is 1. The van der Waals surface area contributed by atoms with Gasteiger partial charge in [-0.25, -0.2) is 5.10 Å². The number of anilines is 1. The highest BCUT2D eigenvalue weighted by atomic mass is 16.2. The fourth-order valence-corrected chi connectivity index (χ4v) is 3.72. The molecule has 2 aliphatic rings. The number of rotatable bonds is 3. The van der Waals surface area contributed by atoms with Gasteiger partial charge < -0.3 is 9.80 Å². The first-order valence-electron chi connectivity index (χ1n) is 8.27. The van der Waals surface area contributed by atoms with Crippen LogP contribution in [0.25, 0.3) is 0 Å². The Morgan fingerprint density at radius 3 is 2.83 bits per heavy atom. The number of fused-ring (bicyclic) bond motifs is 1. The van der Waals surface area contributed by atoms with Gasteiger partial charge in [0.15, 0.2) is 0 Å². The van der Waals surface area contributed by atoms with E-state index in [0.717, 1.165) is 45.0 Å². The van der Waals surface area contributed by atoms with Gasteiger partial charge in [0.05, 0.1) is 0 Å². The number of piperazine rings is 1. The van der Waals surface area contributed by atoms with Crippen molar-refractivity contribution in [3.8, 4) is 0 Å². The lowest BCUT2D eigenvalue weighted by atomic mass is 9.97. The second-order valence-electron chi connectivity index (χ2n) is 6.32. The highest BCUT2D eigenvalue weighted by Crippen LogP contribution is 2.35. The Bertz CT molecular complexity index is 676. The average molecular weight is 311 g/mol. The van der Waals surface area contributed by atoms with E-state index < -0.39 is 0 Å². The van der Waals surface area contributed by atoms with E-state index in [1.165, 1.54) is 17.5 Å². The number of aromatic amines is 1. The van der Waals surface area contributed by atoms with Crippen molar-refractivity contribution < 1.29 is 4.79 Å². The number of hydrogen-bond acceptors (Lipinski definition) is 4. The first-order valence-corrected chi connectivity index (χ1v) is 8.27. The van der Waals surface area contributed by atoms with Crippen molar-refractivity contribution >= 4 is 11.9 Å². The van der Waals surface area contributed by atoms with E-state index in [4.69, 9.17) is 0 Å². The fourth-order valence-electron chi connectivity index (χ4n) is 3.72. The summed E-state index contributed by atoms with van der Waals surface area (Å²) in [5.74, 6) is 1.47. The third-order valence-electron chi connectivity index (χ3n) is 5.01. The van der Waals surface area contributed by atoms with Crippen LogP contribution in [0.4, 0.5) is 5.95 Å². The Kier molecular flexibility index (Phi) is 3.73. The molecule has 120 valence electrons. The highest BCUT2D eigenvalue weighted by molar-refractivity contribution is 5.77. The monoisotopic (exact) mass is 311 g/mol. The number of hydrogen-bond donors (Lipinski definition) is 1. The van der Waals surface area contributed by atoms with Crippen molar-refractivity contribution in [2.75, 3.05) is 31.1 Å². The Labute approximate surface area is 135 Å². The Morgan fingerprint density at radius 2 is 2.04 bits per heavy atom. The molecule has 6 heteroatoms. The van der Waals surface area contributed by atoms with Gasteiger partial charge in [-0.3, -0.25) is 4.79 Å². The molecule has 1 N–H and O–H groups in total. The van der Waals surface area contributed by atoms with Crippen LogP contribution < -0.4 is 4.90 Å². The fraction of sp³-hybridized carbons (Fsp3) is 0.471. The van der Waals surface area contributed by atoms with E-state index in [-0.39, 0.29) is 5.91 Å². The first-order chi connectivity index (χ1) is 11.3. The van der Waals surface area contributed by atoms with Crippen LogP contribution in [0.5, 0.6) is 0 Å². The lowest BCUT2D eigenvalue weighted by Crippen LogP contribution is -2.49. The third kappa shape index (κ3) is 2.81. The summed E-state index contributed by atoms with van der Waals surface area (Å²) in [7, 11) is 0. The lowest BCUT2D eigenvalue weighted by Gasteiger charge is -2.34. The van der Waals surface area contributed by atoms with Crippen LogP contribution >= 0.6 is 0 Å². The van der Waals surface area contributed by atoms with Gasteiger partial charge in [0.25, 0.3) is 0 Å². The topological polar surface area (TPSA) is 65.1 Å². The van der Waals surface area contributed by atoms with Crippen LogP contribution in [0, 0.1) is 0 Å². The molecule has 0 bridgehead atoms. The van der Waals surface area contributed by atoms with Crippen LogP contribution in [0.1, 0.15) is 29.9 Å². The van der Waals surface area contributed by atoms with Gasteiger partial charge in [-0.15, -0.1) is 0 Å². The quantitative estimate of drug-likeness (QED) is 0.934. The summed E-state index contributed by atoms with van der Waals surface area (Å²) >= 11 is 0. The van der Waals surface area contributed by atoms with Crippen molar-refractivity contribution in [2.45, 2.75) is 25.2 Å². The zero-order valence-electron chi connectivity index (χ0n) is 13.1. The molecule has 6 nitrogen and oxygen atoms in total. The predicted molar refractivity (Wildman–Crippen MR) is 87.3 cm³/mol. The van der Waals surface area contributed by atoms with Crippen LogP contribution in [0.3, 0.4) is 0 Å². The number of amides is 1. The standard InChI is InChI=1S/C17H21N5O/c23-16(11-14-6-5-13-3-1-2-4-15(13)14)21-7-9-22(10-8-21)17-18-12-19-20-17/h1-4,12,14H,5-11H2,(H,18,19,20)/t14-/m0/s1. The first kappa shape index (κ1) is 14.2. The number of nitrogens with one attached hydrogen (secondary N) is 1. The largest absolute Gasteiger partial charge is 0.339 e. The molecule has 4 rings (SSSR count). The average Bonchev–Trinajstić information content (AvgIpc) is 3.25. The van der Waals surface area contributed by atoms with Gasteiger partial charge in [0, 0.05) is 32.6 Å². The number of aryl methyl sites for hydroxylation is 1. The van der Waals surface area contributed by atoms with E-state index in [2.05, 4.69) is 44.3 Å². The van der Waals surface area contributed by atoms with Crippen LogP contribution in [0.2, 0.25) is 0 Å². The lowest BCUT2D eigenvalue weighted by molar-refractivity contribution is -0.131. The maximum absolute atomic E-state index is 12.6. The molecule has 2 heterocycles. The summed E-state index contributed by atoms with van der Waals surface area (Å²) in [6.07, 6.45) is 4.36. The number of carbonyl (C=O) groups excluding carboxylic acids is 1. The molecule has 0 saturated carbocycles. The van der Waals surface area contributed by atoms with Gasteiger partial charge >= 0.3 is 0 Å². The molecule has 2 aromatic rings. The van der Waals surface area contributed by atoms with Crippen LogP contribution in [-0.2, 0) is 11.2 Å². The van der Waals surface area contributed by atoms with Crippen molar-refractivity contribution in [1.29, 1.82) is 0 Å². The molecule has 1 aromatic heterocycles. The van der Waals surface area contributed by atoms with Crippen LogP contribution in [-0.4, -0.2) is 52.2 Å². The SMILES string of the molecule is O=C(C[C@@H]1CCc2ccccc21)N1CCN(c2ncn[nH]2)CC1. The van der Waals surface area contributed by atoms with Gasteiger partial charge in [-0.1, -0.05) is 24.3 Å². The van der Waals surface area contributed by atoms with E-state index >= 15 is 0 Å². The highest BCUT2D eigenvalue weighted by Gasteiger charge is 2.28. The molecule has 0 unspecified atom stereocenters. The molecule has 1 saturated heterocycles. The second kappa shape index (κ2) is 6.02. The van der Waals surface area contributed by atoms with E-state index in [1.807, 2.05) is 4.90 Å². The molecular formula is C17H21N5O. The van der Waals surface area contributed by atoms with Gasteiger partial charge in [0.2, 0.25) is 11.9 Å². The molecular weight excluding hydrogens is 290 g/mol. The minimum absolute atomic E-state index is 0.281. The molecule has 1 atom stereocenters. The second-order valence-corrected chi connectivity index (χ2v) is 6.32. The summed E-state index contributed by atoms with van der Waals surface area (Å²) in [6, 6.07) is 8.54. The van der Waals surface area contributed by atoms with Gasteiger partial charge in [-0.2, -0.15) is 10.1 Å². The Balaban J connectivity index is 1.34. The van der Waals surface area contributed by atoms with E-state index in [0.29, 0.717) is 12.3 Å². The van der Waals surface area contributed by atoms with E-state index in [9.17, 15) is 4.79 Å². The molecule has 1 aromatic carbocycles. The molecule has 1 aliphatic carbocycles. The summed E-state index contributed by atoms with van der Waals surface area (Å²) in [4.78, 5) is 20.9. The molecule has 23 heavy (non-hydrogen) atoms. The molecule has 1 amide bonds. The molecule has 1 aliphatic heterocycles. The Morgan fingerprint density at radius 1 is 1.22 bits per heavy atom. The van der Waals surface area contributed by atoms with Crippen molar-refractivity contribution in [2.24, 2.45) is 0 Å². The summed E-state index contributed by atoms with van der Waals surface area (Å²) in [5.41, 5.74) is 2.79. The zero-order valence-corrected chi connectivity index (χ0v) is 13.1. The minimum atomic E-state index is 0.281. The maximum atomic E-state index is 12.6. The maximum Gasteiger partial charge on any atom is 0.223 e. The van der Waals surface area contributed by atoms with Gasteiger partial charge in [-0.05, 0) is 29.9 Å². The smallest absolute Gasteiger partial charge is 0.223 e. The summed E-state index contributed by atoms with van der Waals surface area (Å²) in [5, 5.41) is 6.77. The normalized spacial score (nSPS) is 20.6.